The molecule has 0 radical (unpaired) electrons. The van der Waals surface area contributed by atoms with Crippen molar-refractivity contribution >= 4 is 21.3 Å². The predicted molar refractivity (Wildman–Crippen MR) is 58.5 cm³/mol. The van der Waals surface area contributed by atoms with Gasteiger partial charge in [0.1, 0.15) is 0 Å². The van der Waals surface area contributed by atoms with Crippen molar-refractivity contribution in [2.45, 2.75) is 0 Å². The minimum atomic E-state index is -3.38. The van der Waals surface area contributed by atoms with Crippen molar-refractivity contribution in [1.82, 2.24) is 0 Å². The van der Waals surface area contributed by atoms with Gasteiger partial charge in [0.05, 0.1) is 5.57 Å². The maximum absolute atomic E-state index is 11.1. The number of hydrogen-bond donors (Lipinski definition) is 1. The van der Waals surface area contributed by atoms with Crippen molar-refractivity contribution in [3.8, 4) is 0 Å². The molecule has 0 heterocycles. The molecule has 1 aromatic rings. The zero-order chi connectivity index (χ0) is 11.5. The molecular formula is C10H11NO3S. The van der Waals surface area contributed by atoms with Gasteiger partial charge in [-0.3, -0.25) is 4.79 Å². The third kappa shape index (κ3) is 3.55. The molecule has 0 aliphatic carbocycles. The van der Waals surface area contributed by atoms with Crippen LogP contribution in [0.25, 0.3) is 5.57 Å². The highest BCUT2D eigenvalue weighted by Gasteiger charge is 2.10. The summed E-state index contributed by atoms with van der Waals surface area (Å²) in [7, 11) is -3.38. The molecule has 2 N–H and O–H groups in total. The standard InChI is InChI=1S/C10H11NO3S/c1-15(13,14)7-9(10(11)12)8-5-3-2-4-6-8/h2-7H,1H3,(H2,11,12). The molecule has 1 aromatic carbocycles. The fraction of sp³-hybridized carbons (Fsp3) is 0.100. The Morgan fingerprint density at radius 1 is 1.27 bits per heavy atom. The van der Waals surface area contributed by atoms with Crippen LogP contribution in [-0.2, 0) is 14.6 Å². The van der Waals surface area contributed by atoms with Gasteiger partial charge >= 0.3 is 0 Å². The van der Waals surface area contributed by atoms with E-state index in [1.807, 2.05) is 0 Å². The van der Waals surface area contributed by atoms with Gasteiger partial charge < -0.3 is 5.73 Å². The summed E-state index contributed by atoms with van der Waals surface area (Å²) in [6, 6.07) is 8.43. The van der Waals surface area contributed by atoms with Crippen molar-refractivity contribution < 1.29 is 13.2 Å². The zero-order valence-electron chi connectivity index (χ0n) is 8.17. The normalized spacial score (nSPS) is 12.5. The molecule has 0 spiro atoms. The first kappa shape index (κ1) is 11.5. The van der Waals surface area contributed by atoms with Crippen LogP contribution in [0.3, 0.4) is 0 Å². The fourth-order valence-electron chi connectivity index (χ4n) is 1.10. The second-order valence-corrected chi connectivity index (χ2v) is 4.99. The average molecular weight is 225 g/mol. The van der Waals surface area contributed by atoms with E-state index in [0.717, 1.165) is 11.7 Å². The van der Waals surface area contributed by atoms with Crippen molar-refractivity contribution in [2.24, 2.45) is 5.73 Å². The van der Waals surface area contributed by atoms with E-state index in [4.69, 9.17) is 5.73 Å². The van der Waals surface area contributed by atoms with Crippen LogP contribution in [0.4, 0.5) is 0 Å². The van der Waals surface area contributed by atoms with Gasteiger partial charge in [-0.05, 0) is 5.56 Å². The van der Waals surface area contributed by atoms with Crippen LogP contribution in [0.2, 0.25) is 0 Å². The molecule has 0 saturated heterocycles. The Morgan fingerprint density at radius 3 is 2.20 bits per heavy atom. The number of primary amides is 1. The summed E-state index contributed by atoms with van der Waals surface area (Å²) in [6.07, 6.45) is 1.01. The highest BCUT2D eigenvalue weighted by Crippen LogP contribution is 2.14. The summed E-state index contributed by atoms with van der Waals surface area (Å²) in [5, 5.41) is 0.880. The van der Waals surface area contributed by atoms with Gasteiger partial charge in [0.25, 0.3) is 0 Å². The number of carbonyl (C=O) groups is 1. The van der Waals surface area contributed by atoms with Gasteiger partial charge in [0, 0.05) is 11.7 Å². The van der Waals surface area contributed by atoms with Crippen molar-refractivity contribution in [2.75, 3.05) is 6.26 Å². The lowest BCUT2D eigenvalue weighted by Crippen LogP contribution is -2.14. The van der Waals surface area contributed by atoms with Crippen molar-refractivity contribution in [3.63, 3.8) is 0 Å². The number of benzene rings is 1. The van der Waals surface area contributed by atoms with E-state index in [2.05, 4.69) is 0 Å². The highest BCUT2D eigenvalue weighted by molar-refractivity contribution is 7.93. The van der Waals surface area contributed by atoms with E-state index < -0.39 is 15.7 Å². The lowest BCUT2D eigenvalue weighted by Gasteiger charge is -2.02. The second kappa shape index (κ2) is 4.27. The van der Waals surface area contributed by atoms with Crippen LogP contribution < -0.4 is 5.73 Å². The maximum atomic E-state index is 11.1. The van der Waals surface area contributed by atoms with Gasteiger partial charge in [-0.2, -0.15) is 0 Å². The lowest BCUT2D eigenvalue weighted by atomic mass is 10.1. The summed E-state index contributed by atoms with van der Waals surface area (Å²) in [6.45, 7) is 0. The van der Waals surface area contributed by atoms with Gasteiger partial charge in [-0.15, -0.1) is 0 Å². The van der Waals surface area contributed by atoms with Gasteiger partial charge in [-0.1, -0.05) is 30.3 Å². The molecule has 1 amide bonds. The van der Waals surface area contributed by atoms with E-state index in [1.54, 1.807) is 30.3 Å². The van der Waals surface area contributed by atoms with Crippen LogP contribution in [0.15, 0.2) is 35.7 Å². The number of sulfone groups is 1. The monoisotopic (exact) mass is 225 g/mol. The van der Waals surface area contributed by atoms with Crippen LogP contribution >= 0.6 is 0 Å². The number of nitrogens with two attached hydrogens (primary N) is 1. The molecule has 0 aliphatic rings. The average Bonchev–Trinajstić information content (AvgIpc) is 2.14. The minimum Gasteiger partial charge on any atom is -0.366 e. The predicted octanol–water partition coefficient (Wildman–Crippen LogP) is 0.557. The topological polar surface area (TPSA) is 77.2 Å². The first-order chi connectivity index (χ1) is 6.90. The molecule has 4 nitrogen and oxygen atoms in total. The van der Waals surface area contributed by atoms with Crippen LogP contribution in [0.5, 0.6) is 0 Å². The largest absolute Gasteiger partial charge is 0.366 e. The molecule has 0 unspecified atom stereocenters. The third-order valence-corrected chi connectivity index (χ3v) is 2.35. The smallest absolute Gasteiger partial charge is 0.250 e. The SMILES string of the molecule is CS(=O)(=O)C=C(C(N)=O)c1ccccc1. The Balaban J connectivity index is 3.29. The van der Waals surface area contributed by atoms with Gasteiger partial charge in [-0.25, -0.2) is 8.42 Å². The van der Waals surface area contributed by atoms with E-state index in [9.17, 15) is 13.2 Å². The molecule has 0 atom stereocenters. The summed E-state index contributed by atoms with van der Waals surface area (Å²) >= 11 is 0. The number of carbonyl (C=O) groups excluding carboxylic acids is 1. The lowest BCUT2D eigenvalue weighted by molar-refractivity contribution is -0.112. The summed E-state index contributed by atoms with van der Waals surface area (Å²) in [4.78, 5) is 11.1. The molecule has 1 rings (SSSR count). The molecule has 80 valence electrons. The summed E-state index contributed by atoms with van der Waals surface area (Å²) in [5.41, 5.74) is 5.60. The van der Waals surface area contributed by atoms with Gasteiger partial charge in [0.2, 0.25) is 5.91 Å². The van der Waals surface area contributed by atoms with Crippen molar-refractivity contribution in [3.05, 3.63) is 41.3 Å². The fourth-order valence-corrected chi connectivity index (χ4v) is 1.78. The molecule has 0 aromatic heterocycles. The molecule has 0 saturated carbocycles. The summed E-state index contributed by atoms with van der Waals surface area (Å²) in [5.74, 6) is -0.758. The first-order valence-electron chi connectivity index (χ1n) is 4.17. The Hall–Kier alpha value is -1.62. The van der Waals surface area contributed by atoms with E-state index in [1.165, 1.54) is 0 Å². The van der Waals surface area contributed by atoms with Gasteiger partial charge in [0.15, 0.2) is 9.84 Å². The number of amides is 1. The number of rotatable bonds is 3. The highest BCUT2D eigenvalue weighted by atomic mass is 32.2. The first-order valence-corrected chi connectivity index (χ1v) is 6.12. The molecule has 0 fully saturated rings. The second-order valence-electron chi connectivity index (χ2n) is 3.09. The van der Waals surface area contributed by atoms with Crippen LogP contribution in [-0.4, -0.2) is 20.6 Å². The summed E-state index contributed by atoms with van der Waals surface area (Å²) < 4.78 is 22.1. The molecular weight excluding hydrogens is 214 g/mol. The number of hydrogen-bond acceptors (Lipinski definition) is 3. The molecule has 0 aliphatic heterocycles. The minimum absolute atomic E-state index is 0.00176. The Kier molecular flexibility index (Phi) is 3.26. The molecule has 15 heavy (non-hydrogen) atoms. The van der Waals surface area contributed by atoms with E-state index >= 15 is 0 Å². The zero-order valence-corrected chi connectivity index (χ0v) is 8.99. The molecule has 0 bridgehead atoms. The van der Waals surface area contributed by atoms with Crippen LogP contribution in [0.1, 0.15) is 5.56 Å². The quantitative estimate of drug-likeness (QED) is 0.763. The van der Waals surface area contributed by atoms with E-state index in [-0.39, 0.29) is 5.57 Å². The Labute approximate surface area is 88.3 Å². The van der Waals surface area contributed by atoms with Crippen LogP contribution in [0, 0.1) is 0 Å². The third-order valence-electron chi connectivity index (χ3n) is 1.68. The molecule has 5 heteroatoms. The Bertz CT molecular complexity index is 489. The van der Waals surface area contributed by atoms with Crippen molar-refractivity contribution in [1.29, 1.82) is 0 Å². The maximum Gasteiger partial charge on any atom is 0.250 e. The Morgan fingerprint density at radius 2 is 1.80 bits per heavy atom. The van der Waals surface area contributed by atoms with E-state index in [0.29, 0.717) is 5.56 Å².